The van der Waals surface area contributed by atoms with Crippen LogP contribution in [-0.2, 0) is 11.3 Å². The van der Waals surface area contributed by atoms with Gasteiger partial charge in [-0.15, -0.1) is 0 Å². The summed E-state index contributed by atoms with van der Waals surface area (Å²) < 4.78 is 1.78. The molecule has 3 aromatic rings. The van der Waals surface area contributed by atoms with Crippen molar-refractivity contribution in [3.8, 4) is 0 Å². The van der Waals surface area contributed by atoms with Crippen LogP contribution in [0.15, 0.2) is 54.6 Å². The molecular formula is C20H16Cl3N3O. The monoisotopic (exact) mass is 419 g/mol. The van der Waals surface area contributed by atoms with E-state index in [1.54, 1.807) is 35.0 Å². The second kappa shape index (κ2) is 8.61. The van der Waals surface area contributed by atoms with Crippen molar-refractivity contribution in [2.45, 2.75) is 13.5 Å². The highest BCUT2D eigenvalue weighted by Gasteiger charge is 2.08. The fraction of sp³-hybridized carbons (Fsp3) is 0.100. The van der Waals surface area contributed by atoms with Gasteiger partial charge in [0, 0.05) is 22.9 Å². The highest BCUT2D eigenvalue weighted by molar-refractivity contribution is 6.42. The first-order valence-corrected chi connectivity index (χ1v) is 9.28. The number of hydrogen-bond acceptors (Lipinski definition) is 2. The minimum atomic E-state index is -0.283. The van der Waals surface area contributed by atoms with Crippen LogP contribution in [0.25, 0.3) is 6.08 Å². The van der Waals surface area contributed by atoms with Crippen LogP contribution in [0.2, 0.25) is 15.1 Å². The Bertz CT molecular complexity index is 1010. The molecule has 27 heavy (non-hydrogen) atoms. The van der Waals surface area contributed by atoms with Gasteiger partial charge in [-0.2, -0.15) is 5.10 Å². The molecule has 4 nitrogen and oxygen atoms in total. The number of aromatic nitrogens is 2. The average Bonchev–Trinajstić information content (AvgIpc) is 2.96. The van der Waals surface area contributed by atoms with Crippen molar-refractivity contribution in [1.29, 1.82) is 0 Å². The summed E-state index contributed by atoms with van der Waals surface area (Å²) in [4.78, 5) is 12.1. The maximum absolute atomic E-state index is 12.1. The average molecular weight is 421 g/mol. The number of carbonyl (C=O) groups is 1. The van der Waals surface area contributed by atoms with Crippen LogP contribution < -0.4 is 5.32 Å². The van der Waals surface area contributed by atoms with E-state index in [0.717, 1.165) is 16.8 Å². The predicted octanol–water partition coefficient (Wildman–Crippen LogP) is 5.85. The largest absolute Gasteiger partial charge is 0.306 e. The van der Waals surface area contributed by atoms with E-state index in [4.69, 9.17) is 34.8 Å². The lowest BCUT2D eigenvalue weighted by molar-refractivity contribution is -0.111. The lowest BCUT2D eigenvalue weighted by Gasteiger charge is -2.06. The van der Waals surface area contributed by atoms with Crippen molar-refractivity contribution in [3.63, 3.8) is 0 Å². The molecule has 2 aromatic carbocycles. The van der Waals surface area contributed by atoms with Crippen LogP contribution in [0, 0.1) is 6.92 Å². The first kappa shape index (κ1) is 19.5. The lowest BCUT2D eigenvalue weighted by atomic mass is 10.2. The van der Waals surface area contributed by atoms with E-state index in [1.807, 2.05) is 31.2 Å². The summed E-state index contributed by atoms with van der Waals surface area (Å²) in [5.41, 5.74) is 2.65. The molecule has 0 spiro atoms. The van der Waals surface area contributed by atoms with Crippen LogP contribution in [0.4, 0.5) is 5.82 Å². The molecule has 1 amide bonds. The summed E-state index contributed by atoms with van der Waals surface area (Å²) in [6.07, 6.45) is 3.09. The summed E-state index contributed by atoms with van der Waals surface area (Å²) in [7, 11) is 0. The number of nitrogens with zero attached hydrogens (tertiary/aromatic N) is 2. The molecule has 0 aliphatic carbocycles. The van der Waals surface area contributed by atoms with Crippen molar-refractivity contribution < 1.29 is 4.79 Å². The van der Waals surface area contributed by atoms with Gasteiger partial charge in [0.05, 0.1) is 16.6 Å². The minimum absolute atomic E-state index is 0.283. The van der Waals surface area contributed by atoms with Crippen molar-refractivity contribution in [2.24, 2.45) is 0 Å². The first-order valence-electron chi connectivity index (χ1n) is 8.14. The third-order valence-corrected chi connectivity index (χ3v) is 4.95. The molecule has 3 rings (SSSR count). The van der Waals surface area contributed by atoms with Crippen LogP contribution in [-0.4, -0.2) is 15.7 Å². The Labute approximate surface area is 172 Å². The Morgan fingerprint density at radius 2 is 1.85 bits per heavy atom. The summed E-state index contributed by atoms with van der Waals surface area (Å²) in [5.74, 6) is 0.190. The normalized spacial score (nSPS) is 11.1. The van der Waals surface area contributed by atoms with Crippen molar-refractivity contribution in [1.82, 2.24) is 9.78 Å². The molecular weight excluding hydrogens is 405 g/mol. The molecule has 1 heterocycles. The Kier molecular flexibility index (Phi) is 6.22. The standard InChI is InChI=1S/C20H16Cl3N3O/c1-13-10-19(24-20(27)9-7-15-4-2-3-5-16(15)21)25-26(13)12-14-6-8-17(22)18(23)11-14/h2-11H,12H2,1H3,(H,24,25,27)/b9-7+. The van der Waals surface area contributed by atoms with Crippen LogP contribution in [0.3, 0.4) is 0 Å². The molecule has 0 fully saturated rings. The molecule has 0 aliphatic heterocycles. The Hall–Kier alpha value is -2.27. The number of halogens is 3. The number of amides is 1. The highest BCUT2D eigenvalue weighted by Crippen LogP contribution is 2.23. The topological polar surface area (TPSA) is 46.9 Å². The third kappa shape index (κ3) is 5.13. The van der Waals surface area contributed by atoms with Gasteiger partial charge in [-0.05, 0) is 42.3 Å². The van der Waals surface area contributed by atoms with E-state index in [0.29, 0.717) is 27.4 Å². The van der Waals surface area contributed by atoms with Crippen LogP contribution in [0.1, 0.15) is 16.8 Å². The molecule has 0 saturated carbocycles. The predicted molar refractivity (Wildman–Crippen MR) is 112 cm³/mol. The van der Waals surface area contributed by atoms with Crippen LogP contribution >= 0.6 is 34.8 Å². The number of hydrogen-bond donors (Lipinski definition) is 1. The zero-order valence-corrected chi connectivity index (χ0v) is 16.7. The lowest BCUT2D eigenvalue weighted by Crippen LogP contribution is -2.09. The van der Waals surface area contributed by atoms with E-state index >= 15 is 0 Å². The van der Waals surface area contributed by atoms with Crippen LogP contribution in [0.5, 0.6) is 0 Å². The Balaban J connectivity index is 1.68. The SMILES string of the molecule is Cc1cc(NC(=O)/C=C/c2ccccc2Cl)nn1Cc1ccc(Cl)c(Cl)c1. The van der Waals surface area contributed by atoms with Gasteiger partial charge in [-0.25, -0.2) is 0 Å². The van der Waals surface area contributed by atoms with Gasteiger partial charge in [0.2, 0.25) is 5.91 Å². The fourth-order valence-electron chi connectivity index (χ4n) is 2.49. The number of aryl methyl sites for hydroxylation is 1. The number of benzene rings is 2. The van der Waals surface area contributed by atoms with Gasteiger partial charge in [0.15, 0.2) is 5.82 Å². The Morgan fingerprint density at radius 1 is 1.07 bits per heavy atom. The summed E-state index contributed by atoms with van der Waals surface area (Å²) >= 11 is 18.1. The number of rotatable bonds is 5. The Morgan fingerprint density at radius 3 is 2.59 bits per heavy atom. The molecule has 0 unspecified atom stereocenters. The van der Waals surface area contributed by atoms with E-state index in [-0.39, 0.29) is 5.91 Å². The quantitative estimate of drug-likeness (QED) is 0.526. The maximum atomic E-state index is 12.1. The van der Waals surface area contributed by atoms with E-state index in [2.05, 4.69) is 10.4 Å². The molecule has 1 aromatic heterocycles. The van der Waals surface area contributed by atoms with Gasteiger partial charge < -0.3 is 5.32 Å². The van der Waals surface area contributed by atoms with Gasteiger partial charge in [0.1, 0.15) is 0 Å². The molecule has 138 valence electrons. The fourth-order valence-corrected chi connectivity index (χ4v) is 3.01. The smallest absolute Gasteiger partial charge is 0.249 e. The van der Waals surface area contributed by atoms with Crippen molar-refractivity contribution in [2.75, 3.05) is 5.32 Å². The molecule has 0 atom stereocenters. The molecule has 1 N–H and O–H groups in total. The van der Waals surface area contributed by atoms with Crippen molar-refractivity contribution >= 4 is 52.6 Å². The summed E-state index contributed by atoms with van der Waals surface area (Å²) in [6, 6.07) is 14.5. The molecule has 0 radical (unpaired) electrons. The second-order valence-corrected chi connectivity index (χ2v) is 7.14. The van der Waals surface area contributed by atoms with Gasteiger partial charge >= 0.3 is 0 Å². The van der Waals surface area contributed by atoms with E-state index in [9.17, 15) is 4.79 Å². The highest BCUT2D eigenvalue weighted by atomic mass is 35.5. The summed E-state index contributed by atoms with van der Waals surface area (Å²) in [6.45, 7) is 2.44. The van der Waals surface area contributed by atoms with Gasteiger partial charge in [-0.3, -0.25) is 9.48 Å². The number of nitrogens with one attached hydrogen (secondary N) is 1. The molecule has 0 aliphatic rings. The zero-order valence-electron chi connectivity index (χ0n) is 14.4. The maximum Gasteiger partial charge on any atom is 0.249 e. The molecule has 7 heteroatoms. The molecule has 0 saturated heterocycles. The molecule has 0 bridgehead atoms. The summed E-state index contributed by atoms with van der Waals surface area (Å²) in [5, 5.41) is 8.76. The minimum Gasteiger partial charge on any atom is -0.306 e. The van der Waals surface area contributed by atoms with Gasteiger partial charge in [0.25, 0.3) is 0 Å². The van der Waals surface area contributed by atoms with Gasteiger partial charge in [-0.1, -0.05) is 59.1 Å². The van der Waals surface area contributed by atoms with E-state index < -0.39 is 0 Å². The first-order chi connectivity index (χ1) is 12.9. The third-order valence-electron chi connectivity index (χ3n) is 3.87. The number of carbonyl (C=O) groups excluding carboxylic acids is 1. The zero-order chi connectivity index (χ0) is 19.4. The second-order valence-electron chi connectivity index (χ2n) is 5.92. The number of anilines is 1. The van der Waals surface area contributed by atoms with E-state index in [1.165, 1.54) is 6.08 Å². The van der Waals surface area contributed by atoms with Crippen molar-refractivity contribution in [3.05, 3.63) is 86.5 Å².